The first-order chi connectivity index (χ1) is 11.2. The molecule has 3 aromatic rings. The first kappa shape index (κ1) is 15.5. The van der Waals surface area contributed by atoms with Crippen LogP contribution in [0.1, 0.15) is 30.8 Å². The van der Waals surface area contributed by atoms with E-state index >= 15 is 0 Å². The molecule has 1 heterocycles. The smallest absolute Gasteiger partial charge is 0.0925 e. The second-order valence-corrected chi connectivity index (χ2v) is 6.45. The van der Waals surface area contributed by atoms with Crippen molar-refractivity contribution >= 4 is 0 Å². The van der Waals surface area contributed by atoms with Gasteiger partial charge in [-0.2, -0.15) is 0 Å². The van der Waals surface area contributed by atoms with Crippen molar-refractivity contribution in [2.45, 2.75) is 33.1 Å². The van der Waals surface area contributed by atoms with E-state index in [2.05, 4.69) is 78.4 Å². The summed E-state index contributed by atoms with van der Waals surface area (Å²) in [6.45, 7) is 4.49. The predicted octanol–water partition coefficient (Wildman–Crippen LogP) is 5.06. The minimum absolute atomic E-state index is 0.644. The average Bonchev–Trinajstić information content (AvgIpc) is 3.00. The van der Waals surface area contributed by atoms with Crippen molar-refractivity contribution in [1.29, 1.82) is 0 Å². The molecule has 0 saturated carbocycles. The Morgan fingerprint density at radius 1 is 0.913 bits per heavy atom. The largest absolute Gasteiger partial charge is 0.348 e. The first-order valence-electron chi connectivity index (χ1n) is 8.38. The molecule has 2 nitrogen and oxygen atoms in total. The van der Waals surface area contributed by atoms with Gasteiger partial charge in [-0.25, -0.2) is 4.98 Å². The number of hydrogen-bond donors (Lipinski definition) is 1. The minimum Gasteiger partial charge on any atom is -0.348 e. The van der Waals surface area contributed by atoms with Gasteiger partial charge in [-0.15, -0.1) is 0 Å². The molecular formula is C21H24N2. The van der Waals surface area contributed by atoms with E-state index in [-0.39, 0.29) is 0 Å². The van der Waals surface area contributed by atoms with E-state index in [1.54, 1.807) is 0 Å². The van der Waals surface area contributed by atoms with Crippen LogP contribution in [0.25, 0.3) is 11.1 Å². The normalized spacial score (nSPS) is 11.1. The minimum atomic E-state index is 0.644. The number of aryl methyl sites for hydroxylation is 2. The van der Waals surface area contributed by atoms with Crippen LogP contribution in [0.5, 0.6) is 0 Å². The maximum atomic E-state index is 4.53. The molecule has 0 fully saturated rings. The van der Waals surface area contributed by atoms with E-state index < -0.39 is 0 Å². The van der Waals surface area contributed by atoms with Crippen molar-refractivity contribution in [1.82, 2.24) is 9.97 Å². The summed E-state index contributed by atoms with van der Waals surface area (Å²) < 4.78 is 0. The van der Waals surface area contributed by atoms with Crippen LogP contribution in [0, 0.1) is 5.92 Å². The lowest BCUT2D eigenvalue weighted by Gasteiger charge is -2.10. The molecule has 0 atom stereocenters. The molecule has 118 valence electrons. The van der Waals surface area contributed by atoms with Crippen LogP contribution < -0.4 is 0 Å². The van der Waals surface area contributed by atoms with Gasteiger partial charge in [0, 0.05) is 5.69 Å². The fraction of sp³-hybridized carbons (Fsp3) is 0.286. The maximum absolute atomic E-state index is 4.53. The maximum Gasteiger partial charge on any atom is 0.0925 e. The molecule has 0 aliphatic heterocycles. The van der Waals surface area contributed by atoms with Gasteiger partial charge < -0.3 is 4.98 Å². The third kappa shape index (κ3) is 3.89. The van der Waals surface area contributed by atoms with Crippen molar-refractivity contribution in [3.05, 3.63) is 77.9 Å². The third-order valence-electron chi connectivity index (χ3n) is 4.15. The molecule has 2 aromatic carbocycles. The molecule has 0 aliphatic rings. The molecule has 1 N–H and O–H groups in total. The number of aromatic nitrogens is 2. The lowest BCUT2D eigenvalue weighted by atomic mass is 9.95. The lowest BCUT2D eigenvalue weighted by Crippen LogP contribution is -2.01. The van der Waals surface area contributed by atoms with Crippen molar-refractivity contribution in [2.24, 2.45) is 5.92 Å². The van der Waals surface area contributed by atoms with Crippen LogP contribution in [0.2, 0.25) is 0 Å². The average molecular weight is 304 g/mol. The van der Waals surface area contributed by atoms with E-state index in [4.69, 9.17) is 0 Å². The molecule has 1 aromatic heterocycles. The van der Waals surface area contributed by atoms with E-state index in [1.807, 2.05) is 6.33 Å². The number of rotatable bonds is 6. The Balaban J connectivity index is 1.78. The van der Waals surface area contributed by atoms with Gasteiger partial charge in [0.1, 0.15) is 0 Å². The summed E-state index contributed by atoms with van der Waals surface area (Å²) in [6, 6.07) is 19.3. The number of aromatic amines is 1. The Kier molecular flexibility index (Phi) is 4.92. The Hall–Kier alpha value is -2.35. The van der Waals surface area contributed by atoms with Gasteiger partial charge in [-0.05, 0) is 41.9 Å². The number of hydrogen-bond acceptors (Lipinski definition) is 1. The lowest BCUT2D eigenvalue weighted by molar-refractivity contribution is 0.631. The highest BCUT2D eigenvalue weighted by molar-refractivity contribution is 5.67. The number of benzene rings is 2. The van der Waals surface area contributed by atoms with E-state index in [1.165, 1.54) is 28.1 Å². The van der Waals surface area contributed by atoms with Gasteiger partial charge in [-0.1, -0.05) is 68.4 Å². The van der Waals surface area contributed by atoms with Crippen LogP contribution in [-0.2, 0) is 19.3 Å². The molecule has 0 amide bonds. The van der Waals surface area contributed by atoms with E-state index in [0.717, 1.165) is 19.3 Å². The summed E-state index contributed by atoms with van der Waals surface area (Å²) in [4.78, 5) is 7.84. The zero-order valence-electron chi connectivity index (χ0n) is 13.9. The SMILES string of the molecule is CC(C)Cc1[nH]cnc1CCc1ccccc1-c1ccccc1. The zero-order chi connectivity index (χ0) is 16.1. The molecule has 23 heavy (non-hydrogen) atoms. The molecule has 2 heteroatoms. The van der Waals surface area contributed by atoms with Crippen LogP contribution in [0.3, 0.4) is 0 Å². The Morgan fingerprint density at radius 3 is 2.43 bits per heavy atom. The van der Waals surface area contributed by atoms with Crippen molar-refractivity contribution < 1.29 is 0 Å². The summed E-state index contributed by atoms with van der Waals surface area (Å²) in [5.74, 6) is 0.644. The third-order valence-corrected chi connectivity index (χ3v) is 4.15. The summed E-state index contributed by atoms with van der Waals surface area (Å²) >= 11 is 0. The highest BCUT2D eigenvalue weighted by Crippen LogP contribution is 2.24. The Bertz CT molecular complexity index is 741. The number of nitrogens with zero attached hydrogens (tertiary/aromatic N) is 1. The summed E-state index contributed by atoms with van der Waals surface area (Å²) in [6.07, 6.45) is 4.89. The van der Waals surface area contributed by atoms with Crippen molar-refractivity contribution in [2.75, 3.05) is 0 Å². The van der Waals surface area contributed by atoms with Crippen LogP contribution in [-0.4, -0.2) is 9.97 Å². The number of imidazole rings is 1. The monoisotopic (exact) mass is 304 g/mol. The number of nitrogens with one attached hydrogen (secondary N) is 1. The molecule has 3 rings (SSSR count). The van der Waals surface area contributed by atoms with Crippen molar-refractivity contribution in [3.63, 3.8) is 0 Å². The van der Waals surface area contributed by atoms with E-state index in [0.29, 0.717) is 5.92 Å². The zero-order valence-corrected chi connectivity index (χ0v) is 13.9. The highest BCUT2D eigenvalue weighted by Gasteiger charge is 2.10. The summed E-state index contributed by atoms with van der Waals surface area (Å²) in [5, 5.41) is 0. The molecule has 0 saturated heterocycles. The van der Waals surface area contributed by atoms with Crippen LogP contribution in [0.4, 0.5) is 0 Å². The first-order valence-corrected chi connectivity index (χ1v) is 8.38. The second kappa shape index (κ2) is 7.28. The fourth-order valence-electron chi connectivity index (χ4n) is 3.04. The van der Waals surface area contributed by atoms with Gasteiger partial charge in [0.15, 0.2) is 0 Å². The van der Waals surface area contributed by atoms with Crippen molar-refractivity contribution in [3.8, 4) is 11.1 Å². The van der Waals surface area contributed by atoms with Gasteiger partial charge >= 0.3 is 0 Å². The Morgan fingerprint density at radius 2 is 1.65 bits per heavy atom. The fourth-order valence-corrected chi connectivity index (χ4v) is 3.04. The van der Waals surface area contributed by atoms with Gasteiger partial charge in [0.25, 0.3) is 0 Å². The van der Waals surface area contributed by atoms with Gasteiger partial charge in [-0.3, -0.25) is 0 Å². The standard InChI is InChI=1S/C21H24N2/c1-16(2)14-21-20(22-15-23-21)13-12-18-10-6-7-11-19(18)17-8-4-3-5-9-17/h3-11,15-16H,12-14H2,1-2H3,(H,22,23). The Labute approximate surface area is 138 Å². The van der Waals surface area contributed by atoms with Gasteiger partial charge in [0.2, 0.25) is 0 Å². The predicted molar refractivity (Wildman–Crippen MR) is 96.4 cm³/mol. The van der Waals surface area contributed by atoms with Crippen LogP contribution in [0.15, 0.2) is 60.9 Å². The molecule has 0 radical (unpaired) electrons. The molecule has 0 spiro atoms. The van der Waals surface area contributed by atoms with Gasteiger partial charge in [0.05, 0.1) is 12.0 Å². The molecule has 0 unspecified atom stereocenters. The van der Waals surface area contributed by atoms with E-state index in [9.17, 15) is 0 Å². The molecule has 0 bridgehead atoms. The molecule has 0 aliphatic carbocycles. The molecular weight excluding hydrogens is 280 g/mol. The quantitative estimate of drug-likeness (QED) is 0.677. The number of H-pyrrole nitrogens is 1. The topological polar surface area (TPSA) is 28.7 Å². The second-order valence-electron chi connectivity index (χ2n) is 6.45. The van der Waals surface area contributed by atoms with Crippen LogP contribution >= 0.6 is 0 Å². The summed E-state index contributed by atoms with van der Waals surface area (Å²) in [7, 11) is 0. The highest BCUT2D eigenvalue weighted by atomic mass is 14.9. The summed E-state index contributed by atoms with van der Waals surface area (Å²) in [5.41, 5.74) is 6.50.